The van der Waals surface area contributed by atoms with Crippen LogP contribution in [0, 0.1) is 0 Å². The Kier molecular flexibility index (Phi) is 5.46. The summed E-state index contributed by atoms with van der Waals surface area (Å²) in [5.74, 6) is -0.0866. The van der Waals surface area contributed by atoms with Crippen LogP contribution in [-0.4, -0.2) is 28.6 Å². The Morgan fingerprint density at radius 3 is 2.67 bits per heavy atom. The number of carbonyl (C=O) groups excluding carboxylic acids is 1. The maximum atomic E-state index is 12.1. The summed E-state index contributed by atoms with van der Waals surface area (Å²) in [6, 6.07) is 4.48. The lowest BCUT2D eigenvalue weighted by Crippen LogP contribution is -2.49. The Labute approximate surface area is 138 Å². The van der Waals surface area contributed by atoms with E-state index in [2.05, 4.69) is 26.6 Å². The smallest absolute Gasteiger partial charge is 0.251 e. The van der Waals surface area contributed by atoms with Crippen LogP contribution in [0.4, 0.5) is 0 Å². The highest BCUT2D eigenvalue weighted by molar-refractivity contribution is 9.10. The zero-order valence-electron chi connectivity index (χ0n) is 11.5. The first-order chi connectivity index (χ1) is 9.60. The molecule has 2 bridgehead atoms. The Morgan fingerprint density at radius 2 is 2.00 bits per heavy atom. The third-order valence-electron chi connectivity index (χ3n) is 4.10. The molecule has 3 rings (SSSR count). The number of amides is 1. The number of hydrogen-bond acceptors (Lipinski definition) is 3. The molecule has 3 heterocycles. The van der Waals surface area contributed by atoms with E-state index in [0.717, 1.165) is 17.3 Å². The number of nitrogens with zero attached hydrogens (tertiary/aromatic N) is 1. The van der Waals surface area contributed by atoms with E-state index < -0.39 is 0 Å². The van der Waals surface area contributed by atoms with E-state index in [-0.39, 0.29) is 36.5 Å². The summed E-state index contributed by atoms with van der Waals surface area (Å²) in [5.41, 5.74) is -0.159. The molecule has 7 heteroatoms. The lowest BCUT2D eigenvalue weighted by atomic mass is 10.00. The van der Waals surface area contributed by atoms with Crippen molar-refractivity contribution in [3.8, 4) is 0 Å². The van der Waals surface area contributed by atoms with E-state index in [0.29, 0.717) is 12.1 Å². The minimum atomic E-state index is -0.159. The summed E-state index contributed by atoms with van der Waals surface area (Å²) >= 11 is 3.31. The molecule has 0 saturated carbocycles. The summed E-state index contributed by atoms with van der Waals surface area (Å²) < 4.78 is 2.22. The number of carbonyl (C=O) groups is 1. The lowest BCUT2D eigenvalue weighted by molar-refractivity contribution is -0.122. The van der Waals surface area contributed by atoms with Gasteiger partial charge in [-0.3, -0.25) is 9.59 Å². The van der Waals surface area contributed by atoms with Crippen LogP contribution in [-0.2, 0) is 11.3 Å². The second-order valence-electron chi connectivity index (χ2n) is 5.69. The third-order valence-corrected chi connectivity index (χ3v) is 4.57. The molecule has 2 atom stereocenters. The number of aromatic nitrogens is 1. The van der Waals surface area contributed by atoms with Gasteiger partial charge in [-0.25, -0.2) is 0 Å². The normalized spacial score (nSPS) is 27.0. The largest absolute Gasteiger partial charge is 0.352 e. The van der Waals surface area contributed by atoms with Crippen LogP contribution in [0.25, 0.3) is 0 Å². The first kappa shape index (κ1) is 16.5. The zero-order valence-corrected chi connectivity index (χ0v) is 14.0. The number of pyridine rings is 1. The molecule has 1 aromatic heterocycles. The standard InChI is InChI=1S/C14H18BrN3O2.ClH/c15-9-1-4-14(20)18(7-9)8-13(19)17-12-5-10-2-3-11(6-12)16-10;/h1,4,7,10-12,16H,2-3,5-6,8H2,(H,17,19);1H. The van der Waals surface area contributed by atoms with Gasteiger partial charge in [0.05, 0.1) is 0 Å². The first-order valence-electron chi connectivity index (χ1n) is 7.01. The number of hydrogen-bond donors (Lipinski definition) is 2. The fourth-order valence-corrected chi connectivity index (χ4v) is 3.61. The number of piperidine rings is 1. The van der Waals surface area contributed by atoms with Crippen LogP contribution in [0.3, 0.4) is 0 Å². The van der Waals surface area contributed by atoms with E-state index >= 15 is 0 Å². The minimum Gasteiger partial charge on any atom is -0.352 e. The van der Waals surface area contributed by atoms with Crippen molar-refractivity contribution in [1.29, 1.82) is 0 Å². The van der Waals surface area contributed by atoms with Gasteiger partial charge in [-0.05, 0) is 47.7 Å². The predicted molar refractivity (Wildman–Crippen MR) is 86.8 cm³/mol. The highest BCUT2D eigenvalue weighted by atomic mass is 79.9. The fourth-order valence-electron chi connectivity index (χ4n) is 3.23. The second-order valence-corrected chi connectivity index (χ2v) is 6.60. The highest BCUT2D eigenvalue weighted by Gasteiger charge is 2.33. The molecule has 2 unspecified atom stereocenters. The molecule has 2 saturated heterocycles. The van der Waals surface area contributed by atoms with Gasteiger partial charge >= 0.3 is 0 Å². The van der Waals surface area contributed by atoms with Crippen LogP contribution >= 0.6 is 28.3 Å². The van der Waals surface area contributed by atoms with Gasteiger partial charge in [0.15, 0.2) is 0 Å². The molecule has 2 aliphatic heterocycles. The van der Waals surface area contributed by atoms with Crippen molar-refractivity contribution in [3.63, 3.8) is 0 Å². The first-order valence-corrected chi connectivity index (χ1v) is 7.81. The predicted octanol–water partition coefficient (Wildman–Crippen LogP) is 1.43. The third kappa shape index (κ3) is 4.08. The van der Waals surface area contributed by atoms with E-state index in [1.807, 2.05) is 0 Å². The maximum absolute atomic E-state index is 12.1. The number of halogens is 2. The maximum Gasteiger partial charge on any atom is 0.251 e. The molecule has 1 amide bonds. The molecule has 116 valence electrons. The van der Waals surface area contributed by atoms with Crippen molar-refractivity contribution < 1.29 is 4.79 Å². The SMILES string of the molecule is Cl.O=C(Cn1cc(Br)ccc1=O)NC1CC2CCC(C1)N2. The average Bonchev–Trinajstić information content (AvgIpc) is 2.73. The molecule has 0 spiro atoms. The Balaban J connectivity index is 0.00000161. The van der Waals surface area contributed by atoms with Gasteiger partial charge < -0.3 is 15.2 Å². The molecule has 5 nitrogen and oxygen atoms in total. The topological polar surface area (TPSA) is 63.1 Å². The summed E-state index contributed by atoms with van der Waals surface area (Å²) in [6.45, 7) is 0.0809. The van der Waals surface area contributed by atoms with Crippen molar-refractivity contribution in [3.05, 3.63) is 33.2 Å². The fraction of sp³-hybridized carbons (Fsp3) is 0.571. The van der Waals surface area contributed by atoms with Crippen molar-refractivity contribution in [1.82, 2.24) is 15.2 Å². The second kappa shape index (κ2) is 6.94. The van der Waals surface area contributed by atoms with Gasteiger partial charge in [0.1, 0.15) is 6.54 Å². The molecule has 2 fully saturated rings. The van der Waals surface area contributed by atoms with Crippen LogP contribution in [0.2, 0.25) is 0 Å². The molecule has 21 heavy (non-hydrogen) atoms. The lowest BCUT2D eigenvalue weighted by Gasteiger charge is -2.29. The molecule has 0 aliphatic carbocycles. The Hall–Kier alpha value is -0.850. The molecule has 0 aromatic carbocycles. The number of rotatable bonds is 3. The minimum absolute atomic E-state index is 0. The summed E-state index contributed by atoms with van der Waals surface area (Å²) in [6.07, 6.45) is 6.06. The van der Waals surface area contributed by atoms with Gasteiger partial charge in [-0.1, -0.05) is 0 Å². The van der Waals surface area contributed by atoms with Gasteiger partial charge in [-0.2, -0.15) is 0 Å². The summed E-state index contributed by atoms with van der Waals surface area (Å²) in [5, 5.41) is 6.61. The highest BCUT2D eigenvalue weighted by Crippen LogP contribution is 2.26. The van der Waals surface area contributed by atoms with Crippen LogP contribution < -0.4 is 16.2 Å². The zero-order chi connectivity index (χ0) is 14.1. The van der Waals surface area contributed by atoms with E-state index in [4.69, 9.17) is 0 Å². The van der Waals surface area contributed by atoms with Gasteiger partial charge in [0.2, 0.25) is 5.91 Å². The van der Waals surface area contributed by atoms with Gasteiger partial charge in [-0.15, -0.1) is 12.4 Å². The monoisotopic (exact) mass is 375 g/mol. The summed E-state index contributed by atoms with van der Waals surface area (Å²) in [7, 11) is 0. The molecule has 2 N–H and O–H groups in total. The van der Waals surface area contributed by atoms with E-state index in [9.17, 15) is 9.59 Å². The molecule has 1 aromatic rings. The van der Waals surface area contributed by atoms with E-state index in [1.165, 1.54) is 23.5 Å². The van der Waals surface area contributed by atoms with Crippen molar-refractivity contribution >= 4 is 34.2 Å². The van der Waals surface area contributed by atoms with Gasteiger partial charge in [0.25, 0.3) is 5.56 Å². The number of nitrogens with one attached hydrogen (secondary N) is 2. The van der Waals surface area contributed by atoms with Crippen LogP contribution in [0.1, 0.15) is 25.7 Å². The van der Waals surface area contributed by atoms with Crippen molar-refractivity contribution in [2.75, 3.05) is 0 Å². The molecular formula is C14H19BrClN3O2. The van der Waals surface area contributed by atoms with Crippen LogP contribution in [0.15, 0.2) is 27.6 Å². The van der Waals surface area contributed by atoms with Gasteiger partial charge in [0, 0.05) is 34.9 Å². The summed E-state index contributed by atoms with van der Waals surface area (Å²) in [4.78, 5) is 23.7. The number of fused-ring (bicyclic) bond motifs is 2. The quantitative estimate of drug-likeness (QED) is 0.839. The van der Waals surface area contributed by atoms with Crippen molar-refractivity contribution in [2.45, 2.75) is 50.4 Å². The molecular weight excluding hydrogens is 358 g/mol. The van der Waals surface area contributed by atoms with Crippen molar-refractivity contribution in [2.24, 2.45) is 0 Å². The van der Waals surface area contributed by atoms with Crippen LogP contribution in [0.5, 0.6) is 0 Å². The molecule has 0 radical (unpaired) electrons. The molecule has 2 aliphatic rings. The Bertz CT molecular complexity index is 566. The van der Waals surface area contributed by atoms with E-state index in [1.54, 1.807) is 12.3 Å². The average molecular weight is 377 g/mol. The Morgan fingerprint density at radius 1 is 1.33 bits per heavy atom.